The first-order valence-electron chi connectivity index (χ1n) is 5.27. The van der Waals surface area contributed by atoms with Gasteiger partial charge in [0.05, 0.1) is 5.69 Å². The van der Waals surface area contributed by atoms with E-state index in [0.717, 1.165) is 17.2 Å². The van der Waals surface area contributed by atoms with Gasteiger partial charge in [-0.2, -0.15) is 0 Å². The van der Waals surface area contributed by atoms with Crippen LogP contribution in [-0.4, -0.2) is 21.5 Å². The molecule has 1 unspecified atom stereocenters. The van der Waals surface area contributed by atoms with E-state index in [9.17, 15) is 0 Å². The van der Waals surface area contributed by atoms with E-state index in [0.29, 0.717) is 5.82 Å². The lowest BCUT2D eigenvalue weighted by atomic mass is 10.2. The molecule has 5 heteroatoms. The number of hydrogen-bond acceptors (Lipinski definition) is 5. The largest absolute Gasteiger partial charge is 0.309 e. The first-order chi connectivity index (χ1) is 7.81. The number of aromatic nitrogens is 3. The molecule has 0 bridgehead atoms. The molecule has 0 radical (unpaired) electrons. The molecule has 2 aromatic heterocycles. The molecule has 16 heavy (non-hydrogen) atoms. The van der Waals surface area contributed by atoms with E-state index in [1.54, 1.807) is 29.8 Å². The SMILES string of the molecule is CCNC(C)c1csc(-c2ncccn2)n1. The highest BCUT2D eigenvalue weighted by molar-refractivity contribution is 7.13. The van der Waals surface area contributed by atoms with Gasteiger partial charge in [0.15, 0.2) is 10.8 Å². The van der Waals surface area contributed by atoms with Gasteiger partial charge in [-0.3, -0.25) is 0 Å². The first-order valence-corrected chi connectivity index (χ1v) is 6.15. The van der Waals surface area contributed by atoms with Crippen molar-refractivity contribution in [2.24, 2.45) is 0 Å². The molecule has 2 rings (SSSR count). The average molecular weight is 234 g/mol. The van der Waals surface area contributed by atoms with Crippen LogP contribution >= 0.6 is 11.3 Å². The van der Waals surface area contributed by atoms with Gasteiger partial charge in [0, 0.05) is 23.8 Å². The fraction of sp³-hybridized carbons (Fsp3) is 0.364. The molecule has 2 heterocycles. The van der Waals surface area contributed by atoms with Crippen LogP contribution in [0.3, 0.4) is 0 Å². The summed E-state index contributed by atoms with van der Waals surface area (Å²) < 4.78 is 0. The second-order valence-corrected chi connectivity index (χ2v) is 4.29. The van der Waals surface area contributed by atoms with Crippen LogP contribution in [0.1, 0.15) is 25.6 Å². The lowest BCUT2D eigenvalue weighted by Crippen LogP contribution is -2.17. The van der Waals surface area contributed by atoms with Gasteiger partial charge in [-0.15, -0.1) is 11.3 Å². The van der Waals surface area contributed by atoms with E-state index in [-0.39, 0.29) is 6.04 Å². The second-order valence-electron chi connectivity index (χ2n) is 3.43. The van der Waals surface area contributed by atoms with Crippen molar-refractivity contribution in [3.05, 3.63) is 29.5 Å². The molecule has 0 aliphatic carbocycles. The zero-order valence-electron chi connectivity index (χ0n) is 9.34. The summed E-state index contributed by atoms with van der Waals surface area (Å²) in [6, 6.07) is 2.08. The second kappa shape index (κ2) is 5.14. The highest BCUT2D eigenvalue weighted by Gasteiger charge is 2.11. The van der Waals surface area contributed by atoms with Crippen LogP contribution in [0.15, 0.2) is 23.8 Å². The van der Waals surface area contributed by atoms with Crippen molar-refractivity contribution in [3.8, 4) is 10.8 Å². The smallest absolute Gasteiger partial charge is 0.188 e. The number of thiazole rings is 1. The lowest BCUT2D eigenvalue weighted by Gasteiger charge is -2.07. The number of nitrogens with one attached hydrogen (secondary N) is 1. The van der Waals surface area contributed by atoms with Crippen LogP contribution in [0.5, 0.6) is 0 Å². The van der Waals surface area contributed by atoms with Gasteiger partial charge >= 0.3 is 0 Å². The number of hydrogen-bond donors (Lipinski definition) is 1. The molecule has 2 aromatic rings. The van der Waals surface area contributed by atoms with Crippen molar-refractivity contribution < 1.29 is 0 Å². The minimum atomic E-state index is 0.277. The Morgan fingerprint density at radius 1 is 1.38 bits per heavy atom. The Bertz CT molecular complexity index is 440. The first kappa shape index (κ1) is 11.2. The summed E-state index contributed by atoms with van der Waals surface area (Å²) >= 11 is 1.58. The zero-order chi connectivity index (χ0) is 11.4. The zero-order valence-corrected chi connectivity index (χ0v) is 10.2. The predicted octanol–water partition coefficient (Wildman–Crippen LogP) is 2.27. The molecule has 0 fully saturated rings. The van der Waals surface area contributed by atoms with Gasteiger partial charge in [0.1, 0.15) is 0 Å². The van der Waals surface area contributed by atoms with E-state index in [2.05, 4.69) is 39.5 Å². The summed E-state index contributed by atoms with van der Waals surface area (Å²) in [6.07, 6.45) is 3.47. The predicted molar refractivity (Wildman–Crippen MR) is 65.2 cm³/mol. The van der Waals surface area contributed by atoms with Crippen molar-refractivity contribution in [2.75, 3.05) is 6.54 Å². The summed E-state index contributed by atoms with van der Waals surface area (Å²) in [5.74, 6) is 0.697. The third-order valence-corrected chi connectivity index (χ3v) is 3.09. The van der Waals surface area contributed by atoms with Gasteiger partial charge < -0.3 is 5.32 Å². The maximum Gasteiger partial charge on any atom is 0.188 e. The molecule has 4 nitrogen and oxygen atoms in total. The highest BCUT2D eigenvalue weighted by Crippen LogP contribution is 2.22. The Morgan fingerprint density at radius 2 is 2.12 bits per heavy atom. The fourth-order valence-corrected chi connectivity index (χ4v) is 2.27. The average Bonchev–Trinajstić information content (AvgIpc) is 2.80. The van der Waals surface area contributed by atoms with Crippen molar-refractivity contribution >= 4 is 11.3 Å². The van der Waals surface area contributed by atoms with Gasteiger partial charge in [0.2, 0.25) is 0 Å². The van der Waals surface area contributed by atoms with E-state index >= 15 is 0 Å². The molecule has 0 saturated carbocycles. The third kappa shape index (κ3) is 2.43. The molecule has 0 amide bonds. The normalized spacial score (nSPS) is 12.6. The van der Waals surface area contributed by atoms with E-state index in [1.165, 1.54) is 0 Å². The Morgan fingerprint density at radius 3 is 2.81 bits per heavy atom. The van der Waals surface area contributed by atoms with Crippen LogP contribution in [0.2, 0.25) is 0 Å². The molecule has 0 spiro atoms. The van der Waals surface area contributed by atoms with Gasteiger partial charge in [-0.05, 0) is 19.5 Å². The van der Waals surface area contributed by atoms with Crippen LogP contribution in [0, 0.1) is 0 Å². The Hall–Kier alpha value is -1.33. The summed E-state index contributed by atoms with van der Waals surface area (Å²) in [7, 11) is 0. The molecule has 0 saturated heterocycles. The van der Waals surface area contributed by atoms with Gasteiger partial charge in [-0.25, -0.2) is 15.0 Å². The quantitative estimate of drug-likeness (QED) is 0.881. The fourth-order valence-electron chi connectivity index (χ4n) is 1.41. The summed E-state index contributed by atoms with van der Waals surface area (Å²) in [6.45, 7) is 5.13. The minimum Gasteiger partial charge on any atom is -0.309 e. The van der Waals surface area contributed by atoms with Crippen LogP contribution in [0.25, 0.3) is 10.8 Å². The number of rotatable bonds is 4. The van der Waals surface area contributed by atoms with E-state index in [4.69, 9.17) is 0 Å². The van der Waals surface area contributed by atoms with Crippen molar-refractivity contribution in [1.82, 2.24) is 20.3 Å². The standard InChI is InChI=1S/C11H14N4S/c1-3-12-8(2)9-7-16-11(15-9)10-13-5-4-6-14-10/h4-8,12H,3H2,1-2H3. The monoisotopic (exact) mass is 234 g/mol. The minimum absolute atomic E-state index is 0.277. The van der Waals surface area contributed by atoms with Crippen molar-refractivity contribution in [1.29, 1.82) is 0 Å². The van der Waals surface area contributed by atoms with Crippen molar-refractivity contribution in [3.63, 3.8) is 0 Å². The molecular weight excluding hydrogens is 220 g/mol. The van der Waals surface area contributed by atoms with Crippen molar-refractivity contribution in [2.45, 2.75) is 19.9 Å². The molecular formula is C11H14N4S. The Labute approximate surface area is 98.8 Å². The lowest BCUT2D eigenvalue weighted by molar-refractivity contribution is 0.586. The van der Waals surface area contributed by atoms with Crippen LogP contribution < -0.4 is 5.32 Å². The maximum atomic E-state index is 4.53. The molecule has 0 aliphatic rings. The Kier molecular flexibility index (Phi) is 3.58. The molecule has 0 aromatic carbocycles. The maximum absolute atomic E-state index is 4.53. The molecule has 84 valence electrons. The van der Waals surface area contributed by atoms with Crippen LogP contribution in [0.4, 0.5) is 0 Å². The van der Waals surface area contributed by atoms with E-state index < -0.39 is 0 Å². The summed E-state index contributed by atoms with van der Waals surface area (Å²) in [5, 5.41) is 6.26. The van der Waals surface area contributed by atoms with Crippen LogP contribution in [-0.2, 0) is 0 Å². The Balaban J connectivity index is 2.20. The summed E-state index contributed by atoms with van der Waals surface area (Å²) in [4.78, 5) is 12.9. The van der Waals surface area contributed by atoms with Gasteiger partial charge in [-0.1, -0.05) is 6.92 Å². The highest BCUT2D eigenvalue weighted by atomic mass is 32.1. The summed E-state index contributed by atoms with van der Waals surface area (Å²) in [5.41, 5.74) is 1.05. The number of nitrogens with zero attached hydrogens (tertiary/aromatic N) is 3. The molecule has 1 N–H and O–H groups in total. The third-order valence-electron chi connectivity index (χ3n) is 2.23. The molecule has 0 aliphatic heterocycles. The van der Waals surface area contributed by atoms with Gasteiger partial charge in [0.25, 0.3) is 0 Å². The topological polar surface area (TPSA) is 50.7 Å². The van der Waals surface area contributed by atoms with E-state index in [1.807, 2.05) is 0 Å². The molecule has 1 atom stereocenters.